The van der Waals surface area contributed by atoms with E-state index in [0.29, 0.717) is 19.3 Å². The van der Waals surface area contributed by atoms with Crippen LogP contribution in [-0.2, 0) is 28.6 Å². The third-order valence-corrected chi connectivity index (χ3v) is 12.9. The molecule has 0 saturated heterocycles. The van der Waals surface area contributed by atoms with Gasteiger partial charge in [0.1, 0.15) is 13.2 Å². The Morgan fingerprint density at radius 3 is 0.873 bits per heavy atom. The Hall–Kier alpha value is -3.41. The van der Waals surface area contributed by atoms with Crippen molar-refractivity contribution in [2.45, 2.75) is 297 Å². The van der Waals surface area contributed by atoms with Gasteiger partial charge in [-0.3, -0.25) is 14.4 Å². The summed E-state index contributed by atoms with van der Waals surface area (Å²) in [6.07, 6.45) is 77.5. The molecule has 0 amide bonds. The zero-order valence-corrected chi connectivity index (χ0v) is 46.7. The highest BCUT2D eigenvalue weighted by atomic mass is 16.6. The molecule has 0 saturated carbocycles. The van der Waals surface area contributed by atoms with Crippen LogP contribution in [0.2, 0.25) is 0 Å². The molecule has 0 radical (unpaired) electrons. The van der Waals surface area contributed by atoms with E-state index in [1.165, 1.54) is 141 Å². The lowest BCUT2D eigenvalue weighted by atomic mass is 10.0. The molecule has 0 spiro atoms. The molecule has 0 aliphatic carbocycles. The van der Waals surface area contributed by atoms with Crippen LogP contribution >= 0.6 is 0 Å². The predicted molar refractivity (Wildman–Crippen MR) is 307 cm³/mol. The van der Waals surface area contributed by atoms with E-state index < -0.39 is 6.10 Å². The molecule has 71 heavy (non-hydrogen) atoms. The Kier molecular flexibility index (Phi) is 56.3. The number of rotatable bonds is 54. The first-order valence-electron chi connectivity index (χ1n) is 30.1. The summed E-state index contributed by atoms with van der Waals surface area (Å²) < 4.78 is 16.8. The standard InChI is InChI=1S/C65H112O6/c1-4-7-10-13-16-18-20-22-24-25-26-27-28-29-30-31-32-33-34-35-36-37-38-39-41-42-44-46-49-52-55-58-64(67)70-61-62(60-69-63(66)57-54-51-48-15-12-9-6-3)71-65(68)59-56-53-50-47-45-43-40-23-21-19-17-14-11-8-5-2/h7,10,16,18,22-24,26-27,29-30,32-33,40,62H,4-6,8-9,11-15,17,19-21,25,28,31,34-39,41-61H2,1-3H3/b10-7-,18-16-,24-22-,27-26-,30-29-,33-32-,40-23-. The Balaban J connectivity index is 4.09. The second kappa shape index (κ2) is 59.2. The topological polar surface area (TPSA) is 78.9 Å². The predicted octanol–water partition coefficient (Wildman–Crippen LogP) is 20.3. The van der Waals surface area contributed by atoms with E-state index in [1.807, 2.05) is 0 Å². The molecule has 0 N–H and O–H groups in total. The molecule has 6 nitrogen and oxygen atoms in total. The SMILES string of the molecule is CC/C=C\C/C=C\C/C=C\C/C=C\C/C=C\C/C=C\CCCCCCCCCCCCCCC(=O)OCC(COC(=O)CCCCCCCCC)OC(=O)CCCCCCC/C=C\CCCCCCCC. The van der Waals surface area contributed by atoms with Crippen LogP contribution < -0.4 is 0 Å². The Morgan fingerprint density at radius 2 is 0.549 bits per heavy atom. The highest BCUT2D eigenvalue weighted by Crippen LogP contribution is 2.16. The molecule has 0 rings (SSSR count). The number of carbonyl (C=O) groups excluding carboxylic acids is 3. The number of ether oxygens (including phenoxy) is 3. The van der Waals surface area contributed by atoms with Crippen molar-refractivity contribution in [2.24, 2.45) is 0 Å². The zero-order valence-electron chi connectivity index (χ0n) is 46.7. The van der Waals surface area contributed by atoms with Gasteiger partial charge in [-0.1, -0.05) is 260 Å². The molecular weight excluding hydrogens is 877 g/mol. The van der Waals surface area contributed by atoms with Gasteiger partial charge in [-0.15, -0.1) is 0 Å². The van der Waals surface area contributed by atoms with Crippen LogP contribution in [0.5, 0.6) is 0 Å². The molecule has 1 atom stereocenters. The smallest absolute Gasteiger partial charge is 0.306 e. The summed E-state index contributed by atoms with van der Waals surface area (Å²) >= 11 is 0. The van der Waals surface area contributed by atoms with Gasteiger partial charge in [-0.2, -0.15) is 0 Å². The first-order valence-corrected chi connectivity index (χ1v) is 30.1. The molecular formula is C65H112O6. The van der Waals surface area contributed by atoms with E-state index in [9.17, 15) is 14.4 Å². The molecule has 0 heterocycles. The molecule has 1 unspecified atom stereocenters. The number of esters is 3. The van der Waals surface area contributed by atoms with E-state index >= 15 is 0 Å². The third-order valence-electron chi connectivity index (χ3n) is 12.9. The summed E-state index contributed by atoms with van der Waals surface area (Å²) in [5.41, 5.74) is 0. The molecule has 0 bridgehead atoms. The number of hydrogen-bond donors (Lipinski definition) is 0. The Morgan fingerprint density at radius 1 is 0.296 bits per heavy atom. The second-order valence-electron chi connectivity index (χ2n) is 19.9. The van der Waals surface area contributed by atoms with Crippen LogP contribution in [0.25, 0.3) is 0 Å². The summed E-state index contributed by atoms with van der Waals surface area (Å²) in [6, 6.07) is 0. The average molecular weight is 990 g/mol. The van der Waals surface area contributed by atoms with Crippen molar-refractivity contribution in [1.29, 1.82) is 0 Å². The summed E-state index contributed by atoms with van der Waals surface area (Å²) in [5.74, 6) is -0.888. The molecule has 408 valence electrons. The minimum absolute atomic E-state index is 0.0776. The first-order chi connectivity index (χ1) is 35.0. The summed E-state index contributed by atoms with van der Waals surface area (Å²) in [5, 5.41) is 0. The van der Waals surface area contributed by atoms with E-state index in [-0.39, 0.29) is 31.1 Å². The summed E-state index contributed by atoms with van der Waals surface area (Å²) in [7, 11) is 0. The van der Waals surface area contributed by atoms with Gasteiger partial charge < -0.3 is 14.2 Å². The fourth-order valence-electron chi connectivity index (χ4n) is 8.38. The minimum Gasteiger partial charge on any atom is -0.462 e. The van der Waals surface area contributed by atoms with Crippen LogP contribution in [0.3, 0.4) is 0 Å². The van der Waals surface area contributed by atoms with Crippen molar-refractivity contribution in [3.8, 4) is 0 Å². The lowest BCUT2D eigenvalue weighted by Crippen LogP contribution is -2.30. The first kappa shape index (κ1) is 67.6. The normalized spacial score (nSPS) is 12.7. The maximum Gasteiger partial charge on any atom is 0.306 e. The zero-order chi connectivity index (χ0) is 51.4. The van der Waals surface area contributed by atoms with Crippen LogP contribution in [0.4, 0.5) is 0 Å². The summed E-state index contributed by atoms with van der Waals surface area (Å²) in [4.78, 5) is 37.9. The van der Waals surface area contributed by atoms with Crippen molar-refractivity contribution in [3.63, 3.8) is 0 Å². The average Bonchev–Trinajstić information content (AvgIpc) is 3.37. The molecule has 0 aromatic rings. The van der Waals surface area contributed by atoms with Crippen LogP contribution in [0.15, 0.2) is 85.1 Å². The van der Waals surface area contributed by atoms with Crippen molar-refractivity contribution >= 4 is 17.9 Å². The molecule has 0 aromatic carbocycles. The number of hydrogen-bond acceptors (Lipinski definition) is 6. The van der Waals surface area contributed by atoms with E-state index in [0.717, 1.165) is 109 Å². The maximum absolute atomic E-state index is 12.8. The van der Waals surface area contributed by atoms with Crippen molar-refractivity contribution < 1.29 is 28.6 Å². The van der Waals surface area contributed by atoms with Crippen LogP contribution in [0, 0.1) is 0 Å². The van der Waals surface area contributed by atoms with Gasteiger partial charge in [0.25, 0.3) is 0 Å². The van der Waals surface area contributed by atoms with Gasteiger partial charge in [0, 0.05) is 19.3 Å². The fraction of sp³-hybridized carbons (Fsp3) is 0.738. The Bertz CT molecular complexity index is 1370. The van der Waals surface area contributed by atoms with Gasteiger partial charge >= 0.3 is 17.9 Å². The largest absolute Gasteiger partial charge is 0.462 e. The quantitative estimate of drug-likeness (QED) is 0.0261. The monoisotopic (exact) mass is 989 g/mol. The lowest BCUT2D eigenvalue weighted by molar-refractivity contribution is -0.167. The highest BCUT2D eigenvalue weighted by molar-refractivity contribution is 5.71. The maximum atomic E-state index is 12.8. The molecule has 0 aromatic heterocycles. The van der Waals surface area contributed by atoms with Gasteiger partial charge in [0.2, 0.25) is 0 Å². The minimum atomic E-state index is -0.777. The van der Waals surface area contributed by atoms with Crippen molar-refractivity contribution in [3.05, 3.63) is 85.1 Å². The van der Waals surface area contributed by atoms with E-state index in [1.54, 1.807) is 0 Å². The second-order valence-corrected chi connectivity index (χ2v) is 19.9. The van der Waals surface area contributed by atoms with Crippen LogP contribution in [-0.4, -0.2) is 37.2 Å². The van der Waals surface area contributed by atoms with Crippen LogP contribution in [0.1, 0.15) is 290 Å². The number of unbranched alkanes of at least 4 members (excludes halogenated alkanes) is 29. The van der Waals surface area contributed by atoms with Gasteiger partial charge in [0.05, 0.1) is 0 Å². The molecule has 0 aliphatic rings. The van der Waals surface area contributed by atoms with E-state index in [4.69, 9.17) is 14.2 Å². The van der Waals surface area contributed by atoms with Crippen molar-refractivity contribution in [1.82, 2.24) is 0 Å². The number of allylic oxidation sites excluding steroid dienone is 14. The molecule has 0 fully saturated rings. The number of carbonyl (C=O) groups is 3. The van der Waals surface area contributed by atoms with Crippen molar-refractivity contribution in [2.75, 3.05) is 13.2 Å². The molecule has 6 heteroatoms. The van der Waals surface area contributed by atoms with Gasteiger partial charge in [-0.25, -0.2) is 0 Å². The van der Waals surface area contributed by atoms with E-state index in [2.05, 4.69) is 106 Å². The Labute approximate surface area is 439 Å². The third kappa shape index (κ3) is 57.4. The van der Waals surface area contributed by atoms with Gasteiger partial charge in [0.15, 0.2) is 6.10 Å². The summed E-state index contributed by atoms with van der Waals surface area (Å²) in [6.45, 7) is 6.48. The molecule has 0 aliphatic heterocycles. The fourth-order valence-corrected chi connectivity index (χ4v) is 8.38. The highest BCUT2D eigenvalue weighted by Gasteiger charge is 2.19. The van der Waals surface area contributed by atoms with Gasteiger partial charge in [-0.05, 0) is 96.3 Å². The lowest BCUT2D eigenvalue weighted by Gasteiger charge is -2.18.